The molecule has 1 amide bonds. The van der Waals surface area contributed by atoms with Gasteiger partial charge in [-0.2, -0.15) is 0 Å². The zero-order valence-corrected chi connectivity index (χ0v) is 16.0. The van der Waals surface area contributed by atoms with Gasteiger partial charge in [0.05, 0.1) is 19.2 Å². The van der Waals surface area contributed by atoms with Crippen LogP contribution in [0.1, 0.15) is 17.6 Å². The van der Waals surface area contributed by atoms with E-state index in [2.05, 4.69) is 16.9 Å². The Bertz CT molecular complexity index is 811. The number of hydrogen-bond acceptors (Lipinski definition) is 6. The summed E-state index contributed by atoms with van der Waals surface area (Å²) in [5.74, 6) is 3.27. The summed E-state index contributed by atoms with van der Waals surface area (Å²) < 4.78 is 16.5. The van der Waals surface area contributed by atoms with Gasteiger partial charge in [0.25, 0.3) is 5.91 Å². The van der Waals surface area contributed by atoms with Crippen molar-refractivity contribution in [2.75, 3.05) is 46.9 Å². The zero-order valence-electron chi connectivity index (χ0n) is 16.0. The van der Waals surface area contributed by atoms with Crippen LogP contribution in [0.5, 0.6) is 11.5 Å². The van der Waals surface area contributed by atoms with Gasteiger partial charge in [0.2, 0.25) is 0 Å². The van der Waals surface area contributed by atoms with Gasteiger partial charge in [-0.25, -0.2) is 4.98 Å². The first-order chi connectivity index (χ1) is 13.0. The molecule has 7 nitrogen and oxygen atoms in total. The number of nitrogens with zero attached hydrogens (tertiary/aromatic N) is 3. The molecule has 144 valence electrons. The summed E-state index contributed by atoms with van der Waals surface area (Å²) in [5, 5.41) is 0. The minimum Gasteiger partial charge on any atom is -0.497 e. The number of aryl methyl sites for hydroxylation is 1. The highest BCUT2D eigenvalue weighted by atomic mass is 16.5. The average Bonchev–Trinajstić information content (AvgIpc) is 3.21. The van der Waals surface area contributed by atoms with Crippen molar-refractivity contribution >= 4 is 5.91 Å². The maximum absolute atomic E-state index is 12.5. The van der Waals surface area contributed by atoms with Gasteiger partial charge in [-0.3, -0.25) is 4.79 Å². The van der Waals surface area contributed by atoms with Gasteiger partial charge in [-0.1, -0.05) is 0 Å². The first-order valence-electron chi connectivity index (χ1n) is 9.14. The van der Waals surface area contributed by atoms with E-state index in [1.165, 1.54) is 0 Å². The van der Waals surface area contributed by atoms with Crippen molar-refractivity contribution in [3.05, 3.63) is 42.1 Å². The highest BCUT2D eigenvalue weighted by Gasteiger charge is 2.56. The van der Waals surface area contributed by atoms with E-state index in [-0.39, 0.29) is 23.8 Å². The van der Waals surface area contributed by atoms with Crippen LogP contribution in [0.3, 0.4) is 0 Å². The molecule has 2 aromatic rings. The predicted molar refractivity (Wildman–Crippen MR) is 99.0 cm³/mol. The van der Waals surface area contributed by atoms with E-state index in [1.54, 1.807) is 25.4 Å². The van der Waals surface area contributed by atoms with E-state index in [0.717, 1.165) is 30.5 Å². The molecule has 0 saturated carbocycles. The number of carbonyl (C=O) groups excluding carboxylic acids is 1. The molecule has 1 aromatic heterocycles. The van der Waals surface area contributed by atoms with Crippen LogP contribution in [-0.2, 0) is 4.79 Å². The smallest absolute Gasteiger partial charge is 0.260 e. The first-order valence-corrected chi connectivity index (χ1v) is 9.14. The second-order valence-corrected chi connectivity index (χ2v) is 7.63. The lowest BCUT2D eigenvalue weighted by atomic mass is 9.71. The van der Waals surface area contributed by atoms with Gasteiger partial charge in [0.1, 0.15) is 17.3 Å². The molecule has 1 unspecified atom stereocenters. The predicted octanol–water partition coefficient (Wildman–Crippen LogP) is 1.93. The van der Waals surface area contributed by atoms with Crippen LogP contribution in [-0.4, -0.2) is 67.6 Å². The van der Waals surface area contributed by atoms with Crippen LogP contribution >= 0.6 is 0 Å². The SMILES string of the molecule is COc1ccc(OCC(=O)N2CC3(CN(C)CC3c3ncc(C)o3)C2)cc1. The van der Waals surface area contributed by atoms with Crippen molar-refractivity contribution < 1.29 is 18.7 Å². The molecule has 2 fully saturated rings. The fourth-order valence-electron chi connectivity index (χ4n) is 4.21. The number of oxazole rings is 1. The summed E-state index contributed by atoms with van der Waals surface area (Å²) >= 11 is 0. The second-order valence-electron chi connectivity index (χ2n) is 7.63. The van der Waals surface area contributed by atoms with Gasteiger partial charge < -0.3 is 23.7 Å². The van der Waals surface area contributed by atoms with Crippen LogP contribution in [0.25, 0.3) is 0 Å². The summed E-state index contributed by atoms with van der Waals surface area (Å²) in [6.45, 7) is 5.24. The quantitative estimate of drug-likeness (QED) is 0.800. The van der Waals surface area contributed by atoms with E-state index in [4.69, 9.17) is 13.9 Å². The third-order valence-electron chi connectivity index (χ3n) is 5.54. The molecular formula is C20H25N3O4. The topological polar surface area (TPSA) is 68.0 Å². The van der Waals surface area contributed by atoms with Crippen molar-refractivity contribution in [1.29, 1.82) is 0 Å². The number of aromatic nitrogens is 1. The van der Waals surface area contributed by atoms with E-state index >= 15 is 0 Å². The zero-order chi connectivity index (χ0) is 19.0. The molecule has 1 spiro atoms. The number of hydrogen-bond donors (Lipinski definition) is 0. The minimum atomic E-state index is 0.00771. The Hall–Kier alpha value is -2.54. The highest BCUT2D eigenvalue weighted by molar-refractivity contribution is 5.79. The molecule has 7 heteroatoms. The average molecular weight is 371 g/mol. The molecule has 2 saturated heterocycles. The molecule has 0 radical (unpaired) electrons. The molecule has 0 aliphatic carbocycles. The number of carbonyl (C=O) groups is 1. The van der Waals surface area contributed by atoms with Gasteiger partial charge >= 0.3 is 0 Å². The molecule has 27 heavy (non-hydrogen) atoms. The summed E-state index contributed by atoms with van der Waals surface area (Å²) in [6.07, 6.45) is 1.77. The molecule has 0 bridgehead atoms. The molecule has 0 N–H and O–H groups in total. The summed E-state index contributed by atoms with van der Waals surface area (Å²) in [5.41, 5.74) is 0.0296. The normalized spacial score (nSPS) is 21.3. The summed E-state index contributed by atoms with van der Waals surface area (Å²) in [4.78, 5) is 21.1. The molecule has 1 aromatic carbocycles. The maximum atomic E-state index is 12.5. The first kappa shape index (κ1) is 17.9. The number of benzene rings is 1. The lowest BCUT2D eigenvalue weighted by molar-refractivity contribution is -0.146. The molecular weight excluding hydrogens is 346 g/mol. The highest BCUT2D eigenvalue weighted by Crippen LogP contribution is 2.48. The third-order valence-corrected chi connectivity index (χ3v) is 5.54. The van der Waals surface area contributed by atoms with Crippen molar-refractivity contribution in [3.63, 3.8) is 0 Å². The number of rotatable bonds is 5. The molecule has 2 aliphatic rings. The number of amides is 1. The van der Waals surface area contributed by atoms with Crippen LogP contribution in [0.4, 0.5) is 0 Å². The Labute approximate surface area is 158 Å². The monoisotopic (exact) mass is 371 g/mol. The number of likely N-dealkylation sites (tertiary alicyclic amines) is 2. The Morgan fingerprint density at radius 3 is 2.59 bits per heavy atom. The van der Waals surface area contributed by atoms with Crippen LogP contribution in [0.15, 0.2) is 34.9 Å². The number of ether oxygens (including phenoxy) is 2. The standard InChI is InChI=1S/C20H25N3O4/c1-14-8-21-19(27-14)17-9-22(2)11-20(17)12-23(13-20)18(24)10-26-16-6-4-15(25-3)5-7-16/h4-8,17H,9-13H2,1-3H3. The Balaban J connectivity index is 1.35. The molecule has 1 atom stereocenters. The Kier molecular flexibility index (Phi) is 4.55. The molecule has 4 rings (SSSR count). The Morgan fingerprint density at radius 1 is 1.26 bits per heavy atom. The minimum absolute atomic E-state index is 0.00771. The second kappa shape index (κ2) is 6.88. The molecule has 2 aliphatic heterocycles. The van der Waals surface area contributed by atoms with E-state index in [9.17, 15) is 4.79 Å². The van der Waals surface area contributed by atoms with Crippen molar-refractivity contribution in [3.8, 4) is 11.5 Å². The van der Waals surface area contributed by atoms with Gasteiger partial charge in [0, 0.05) is 31.6 Å². The van der Waals surface area contributed by atoms with E-state index < -0.39 is 0 Å². The summed E-state index contributed by atoms with van der Waals surface area (Å²) in [7, 11) is 3.72. The fourth-order valence-corrected chi connectivity index (χ4v) is 4.21. The largest absolute Gasteiger partial charge is 0.497 e. The maximum Gasteiger partial charge on any atom is 0.260 e. The van der Waals surface area contributed by atoms with Crippen molar-refractivity contribution in [2.24, 2.45) is 5.41 Å². The lowest BCUT2D eigenvalue weighted by Crippen LogP contribution is -2.62. The third kappa shape index (κ3) is 3.39. The van der Waals surface area contributed by atoms with E-state index in [0.29, 0.717) is 18.8 Å². The van der Waals surface area contributed by atoms with Crippen LogP contribution in [0, 0.1) is 12.3 Å². The van der Waals surface area contributed by atoms with Crippen LogP contribution in [0.2, 0.25) is 0 Å². The number of methoxy groups -OCH3 is 1. The lowest BCUT2D eigenvalue weighted by Gasteiger charge is -2.50. The number of likely N-dealkylation sites (N-methyl/N-ethyl adjacent to an activating group) is 1. The van der Waals surface area contributed by atoms with Gasteiger partial charge in [0.15, 0.2) is 12.5 Å². The van der Waals surface area contributed by atoms with Gasteiger partial charge in [-0.05, 0) is 38.2 Å². The Morgan fingerprint density at radius 2 is 1.96 bits per heavy atom. The summed E-state index contributed by atoms with van der Waals surface area (Å²) in [6, 6.07) is 7.23. The van der Waals surface area contributed by atoms with Gasteiger partial charge in [-0.15, -0.1) is 0 Å². The van der Waals surface area contributed by atoms with Crippen molar-refractivity contribution in [1.82, 2.24) is 14.8 Å². The fraction of sp³-hybridized carbons (Fsp3) is 0.500. The molecule has 3 heterocycles. The van der Waals surface area contributed by atoms with Crippen molar-refractivity contribution in [2.45, 2.75) is 12.8 Å². The van der Waals surface area contributed by atoms with Crippen LogP contribution < -0.4 is 9.47 Å². The van der Waals surface area contributed by atoms with E-state index in [1.807, 2.05) is 24.0 Å².